The van der Waals surface area contributed by atoms with Gasteiger partial charge in [0.05, 0.1) is 34.9 Å². The summed E-state index contributed by atoms with van der Waals surface area (Å²) in [5, 5.41) is 9.47. The number of imidazole rings is 1. The lowest BCUT2D eigenvalue weighted by Gasteiger charge is -2.19. The maximum absolute atomic E-state index is 9.47. The third kappa shape index (κ3) is 4.04. The molecule has 7 heteroatoms. The van der Waals surface area contributed by atoms with Crippen LogP contribution in [-0.4, -0.2) is 27.8 Å². The van der Waals surface area contributed by atoms with Crippen LogP contribution in [0.3, 0.4) is 0 Å². The number of nitrogens with two attached hydrogens (primary N) is 1. The Balaban J connectivity index is 2.09. The lowest BCUT2D eigenvalue weighted by atomic mass is 9.95. The molecule has 2 heterocycles. The molecule has 28 heavy (non-hydrogen) atoms. The van der Waals surface area contributed by atoms with E-state index in [9.17, 15) is 5.26 Å². The van der Waals surface area contributed by atoms with E-state index in [-0.39, 0.29) is 5.54 Å². The van der Waals surface area contributed by atoms with Gasteiger partial charge in [0, 0.05) is 27.9 Å². The van der Waals surface area contributed by atoms with Gasteiger partial charge in [0.1, 0.15) is 5.75 Å². The molecule has 0 aliphatic rings. The number of aryl methyl sites for hydroxylation is 1. The Morgan fingerprint density at radius 1 is 1.32 bits per heavy atom. The fraction of sp³-hybridized carbons (Fsp3) is 0.429. The summed E-state index contributed by atoms with van der Waals surface area (Å²) in [5.74, 6) is 1.63. The van der Waals surface area contributed by atoms with Gasteiger partial charge in [0.15, 0.2) is 4.96 Å². The van der Waals surface area contributed by atoms with Crippen LogP contribution >= 0.6 is 23.1 Å². The first-order valence-corrected chi connectivity index (χ1v) is 10.9. The molecule has 3 rings (SSSR count). The number of hydrogen-bond acceptors (Lipinski definition) is 6. The van der Waals surface area contributed by atoms with Crippen molar-refractivity contribution in [3.8, 4) is 23.1 Å². The first-order valence-electron chi connectivity index (χ1n) is 9.06. The SMILES string of the molecule is COc1ccc(-c2c(C)nc3sc(C(C)(C)C#N)cn23)cc1SCC(C)(C)N. The van der Waals surface area contributed by atoms with E-state index in [0.717, 1.165) is 43.2 Å². The molecule has 0 fully saturated rings. The molecule has 0 unspecified atom stereocenters. The van der Waals surface area contributed by atoms with Crippen LogP contribution in [0.2, 0.25) is 0 Å². The second kappa shape index (κ2) is 7.43. The zero-order chi connectivity index (χ0) is 20.7. The minimum atomic E-state index is -0.538. The van der Waals surface area contributed by atoms with E-state index in [0.29, 0.717) is 0 Å². The number of methoxy groups -OCH3 is 1. The van der Waals surface area contributed by atoms with Crippen LogP contribution in [-0.2, 0) is 5.41 Å². The monoisotopic (exact) mass is 414 g/mol. The average molecular weight is 415 g/mol. The fourth-order valence-corrected chi connectivity index (χ4v) is 4.96. The lowest BCUT2D eigenvalue weighted by molar-refractivity contribution is 0.405. The molecule has 148 valence electrons. The quantitative estimate of drug-likeness (QED) is 0.574. The van der Waals surface area contributed by atoms with Crippen LogP contribution in [0.5, 0.6) is 5.75 Å². The van der Waals surface area contributed by atoms with Crippen molar-refractivity contribution in [2.45, 2.75) is 50.5 Å². The maximum atomic E-state index is 9.47. The highest BCUT2D eigenvalue weighted by molar-refractivity contribution is 7.99. The minimum Gasteiger partial charge on any atom is -0.496 e. The summed E-state index contributed by atoms with van der Waals surface area (Å²) in [4.78, 5) is 7.69. The van der Waals surface area contributed by atoms with E-state index in [1.54, 1.807) is 30.2 Å². The van der Waals surface area contributed by atoms with E-state index >= 15 is 0 Å². The zero-order valence-electron chi connectivity index (χ0n) is 17.2. The smallest absolute Gasteiger partial charge is 0.194 e. The Kier molecular flexibility index (Phi) is 5.50. The third-order valence-corrected chi connectivity index (χ3v) is 7.26. The van der Waals surface area contributed by atoms with E-state index in [2.05, 4.69) is 22.6 Å². The van der Waals surface area contributed by atoms with E-state index < -0.39 is 5.41 Å². The van der Waals surface area contributed by atoms with Gasteiger partial charge in [0.25, 0.3) is 0 Å². The van der Waals surface area contributed by atoms with Crippen molar-refractivity contribution in [1.82, 2.24) is 9.38 Å². The molecule has 3 aromatic rings. The molecule has 0 amide bonds. The Morgan fingerprint density at radius 2 is 2.04 bits per heavy atom. The molecule has 0 atom stereocenters. The van der Waals surface area contributed by atoms with Gasteiger partial charge in [-0.3, -0.25) is 4.40 Å². The van der Waals surface area contributed by atoms with Gasteiger partial charge in [-0.05, 0) is 52.8 Å². The van der Waals surface area contributed by atoms with E-state index in [1.807, 2.05) is 46.9 Å². The van der Waals surface area contributed by atoms with Gasteiger partial charge in [-0.15, -0.1) is 11.8 Å². The largest absolute Gasteiger partial charge is 0.496 e. The standard InChI is InChI=1S/C21H26N4OS2/c1-13-18(25-10-17(20(2,3)11-22)28-19(25)24-13)14-7-8-15(26-6)16(9-14)27-12-21(4,5)23/h7-10H,12,23H2,1-6H3. The average Bonchev–Trinajstić information content (AvgIpc) is 3.16. The molecule has 0 spiro atoms. The van der Waals surface area contributed by atoms with E-state index in [1.165, 1.54) is 0 Å². The number of nitrogens with zero attached hydrogens (tertiary/aromatic N) is 3. The van der Waals surface area contributed by atoms with Crippen molar-refractivity contribution in [2.75, 3.05) is 12.9 Å². The number of aromatic nitrogens is 2. The topological polar surface area (TPSA) is 76.3 Å². The van der Waals surface area contributed by atoms with Crippen LogP contribution in [0.1, 0.15) is 38.3 Å². The van der Waals surface area contributed by atoms with Crippen molar-refractivity contribution in [1.29, 1.82) is 5.26 Å². The summed E-state index contributed by atoms with van der Waals surface area (Å²) < 4.78 is 7.64. The summed E-state index contributed by atoms with van der Waals surface area (Å²) in [6, 6.07) is 8.56. The van der Waals surface area contributed by atoms with Crippen molar-refractivity contribution in [2.24, 2.45) is 5.73 Å². The van der Waals surface area contributed by atoms with Gasteiger partial charge in [0.2, 0.25) is 0 Å². The molecule has 0 aliphatic carbocycles. The number of nitriles is 1. The predicted octanol–water partition coefficient (Wildman–Crippen LogP) is 5.01. The molecule has 0 saturated heterocycles. The molecule has 5 nitrogen and oxygen atoms in total. The van der Waals surface area contributed by atoms with Crippen LogP contribution in [0.25, 0.3) is 16.2 Å². The summed E-state index contributed by atoms with van der Waals surface area (Å²) in [6.07, 6.45) is 2.04. The predicted molar refractivity (Wildman–Crippen MR) is 117 cm³/mol. The molecule has 0 radical (unpaired) electrons. The number of rotatable bonds is 6. The highest BCUT2D eigenvalue weighted by atomic mass is 32.2. The normalized spacial score (nSPS) is 12.4. The molecular weight excluding hydrogens is 388 g/mol. The first kappa shape index (κ1) is 20.7. The van der Waals surface area contributed by atoms with Gasteiger partial charge in [-0.2, -0.15) is 5.26 Å². The highest BCUT2D eigenvalue weighted by Gasteiger charge is 2.25. The zero-order valence-corrected chi connectivity index (χ0v) is 18.8. The number of hydrogen-bond donors (Lipinski definition) is 1. The molecule has 2 aromatic heterocycles. The van der Waals surface area contributed by atoms with E-state index in [4.69, 9.17) is 15.5 Å². The fourth-order valence-electron chi connectivity index (χ4n) is 2.85. The molecular formula is C21H26N4OS2. The molecule has 1 aromatic carbocycles. The maximum Gasteiger partial charge on any atom is 0.194 e. The van der Waals surface area contributed by atoms with Crippen molar-refractivity contribution in [3.63, 3.8) is 0 Å². The minimum absolute atomic E-state index is 0.267. The number of benzene rings is 1. The summed E-state index contributed by atoms with van der Waals surface area (Å²) in [6.45, 7) is 9.92. The highest BCUT2D eigenvalue weighted by Crippen LogP contribution is 2.38. The Bertz CT molecular complexity index is 1050. The Labute approximate surface area is 174 Å². The second-order valence-electron chi connectivity index (χ2n) is 8.17. The first-order chi connectivity index (χ1) is 13.1. The van der Waals surface area contributed by atoms with Crippen molar-refractivity contribution >= 4 is 28.1 Å². The van der Waals surface area contributed by atoms with Crippen LogP contribution in [0.4, 0.5) is 0 Å². The van der Waals surface area contributed by atoms with Gasteiger partial charge in [-0.25, -0.2) is 4.98 Å². The second-order valence-corrected chi connectivity index (χ2v) is 10.2. The molecule has 0 bridgehead atoms. The summed E-state index contributed by atoms with van der Waals surface area (Å²) in [5.41, 5.74) is 8.44. The number of thiazole rings is 1. The lowest BCUT2D eigenvalue weighted by Crippen LogP contribution is -2.34. The van der Waals surface area contributed by atoms with Gasteiger partial charge >= 0.3 is 0 Å². The molecule has 0 saturated carbocycles. The molecule has 2 N–H and O–H groups in total. The van der Waals surface area contributed by atoms with Crippen LogP contribution in [0, 0.1) is 18.3 Å². The van der Waals surface area contributed by atoms with Gasteiger partial charge < -0.3 is 10.5 Å². The number of thioether (sulfide) groups is 1. The Morgan fingerprint density at radius 3 is 2.64 bits per heavy atom. The third-order valence-electron chi connectivity index (χ3n) is 4.43. The van der Waals surface area contributed by atoms with Crippen LogP contribution < -0.4 is 10.5 Å². The molecule has 0 aliphatic heterocycles. The summed E-state index contributed by atoms with van der Waals surface area (Å²) >= 11 is 3.26. The van der Waals surface area contributed by atoms with Gasteiger partial charge in [-0.1, -0.05) is 11.3 Å². The van der Waals surface area contributed by atoms with Crippen molar-refractivity contribution in [3.05, 3.63) is 35.0 Å². The van der Waals surface area contributed by atoms with Crippen LogP contribution in [0.15, 0.2) is 29.3 Å². The number of ether oxygens (including phenoxy) is 1. The number of fused-ring (bicyclic) bond motifs is 1. The summed E-state index contributed by atoms with van der Waals surface area (Å²) in [7, 11) is 1.68. The Hall–Kier alpha value is -2.01. The van der Waals surface area contributed by atoms with Crippen molar-refractivity contribution < 1.29 is 4.74 Å².